The normalized spacial score (nSPS) is 21.7. The summed E-state index contributed by atoms with van der Waals surface area (Å²) in [5.74, 6) is 1.47. The third-order valence-corrected chi connectivity index (χ3v) is 16.6. The van der Waals surface area contributed by atoms with Crippen LogP contribution in [0.2, 0.25) is 0 Å². The highest BCUT2D eigenvalue weighted by atomic mass is 16.5. The van der Waals surface area contributed by atoms with E-state index >= 15 is 0 Å². The molecule has 0 N–H and O–H groups in total. The fourth-order valence-electron chi connectivity index (χ4n) is 13.2. The minimum absolute atomic E-state index is 0.0858. The van der Waals surface area contributed by atoms with Crippen molar-refractivity contribution in [3.8, 4) is 0 Å². The number of nitrogens with zero attached hydrogens (tertiary/aromatic N) is 2. The molecule has 4 bridgehead atoms. The number of rotatable bonds is 20. The van der Waals surface area contributed by atoms with Gasteiger partial charge in [-0.25, -0.2) is 9.59 Å². The summed E-state index contributed by atoms with van der Waals surface area (Å²) in [5, 5.41) is 0. The molecule has 0 aromatic heterocycles. The second-order valence-corrected chi connectivity index (χ2v) is 22.3. The van der Waals surface area contributed by atoms with Crippen molar-refractivity contribution >= 4 is 35.7 Å². The number of amides is 2. The average Bonchev–Trinajstić information content (AvgIpc) is 1.77. The maximum atomic E-state index is 14.1. The Morgan fingerprint density at radius 2 is 0.674 bits per heavy atom. The van der Waals surface area contributed by atoms with Crippen molar-refractivity contribution in [3.05, 3.63) is 257 Å². The predicted molar refractivity (Wildman–Crippen MR) is 334 cm³/mol. The second kappa shape index (κ2) is 37.7. The summed E-state index contributed by atoms with van der Waals surface area (Å²) in [6, 6.07) is 0. The summed E-state index contributed by atoms with van der Waals surface area (Å²) in [7, 11) is 0. The minimum Gasteiger partial charge on any atom is -0.465 e. The Morgan fingerprint density at radius 1 is 0.380 bits per heavy atom. The lowest BCUT2D eigenvalue weighted by Crippen LogP contribution is -2.44. The van der Waals surface area contributed by atoms with Gasteiger partial charge in [-0.15, -0.1) is 0 Å². The largest absolute Gasteiger partial charge is 0.465 e. The van der Waals surface area contributed by atoms with Gasteiger partial charge in [-0.05, 0) is 240 Å². The molecule has 12 nitrogen and oxygen atoms in total. The monoisotopic (exact) mass is 1210 g/mol. The van der Waals surface area contributed by atoms with Crippen LogP contribution in [0.5, 0.6) is 0 Å². The fourth-order valence-corrected chi connectivity index (χ4v) is 13.2. The van der Waals surface area contributed by atoms with Crippen LogP contribution in [-0.2, 0) is 47.7 Å². The summed E-state index contributed by atoms with van der Waals surface area (Å²) < 4.78 is 22.6. The third-order valence-electron chi connectivity index (χ3n) is 16.6. The molecule has 6 rings (SSSR count). The molecule has 2 amide bonds. The number of esters is 4. The van der Waals surface area contributed by atoms with Crippen LogP contribution in [0.15, 0.2) is 257 Å². The molecule has 12 unspecified atom stereocenters. The van der Waals surface area contributed by atoms with Gasteiger partial charge in [-0.1, -0.05) is 32.0 Å². The van der Waals surface area contributed by atoms with Crippen LogP contribution in [-0.4, -0.2) is 85.0 Å². The Labute approximate surface area is 536 Å². The first-order chi connectivity index (χ1) is 44.7. The van der Waals surface area contributed by atoms with Crippen LogP contribution in [0.25, 0.3) is 0 Å². The van der Waals surface area contributed by atoms with Crippen molar-refractivity contribution in [1.82, 2.24) is 9.80 Å². The first-order valence-electron chi connectivity index (χ1n) is 29.7. The van der Waals surface area contributed by atoms with E-state index < -0.39 is 35.7 Å². The molecule has 452 valence electrons. The van der Waals surface area contributed by atoms with Crippen molar-refractivity contribution in [2.45, 2.75) is 78.1 Å². The molecule has 0 heterocycles. The quantitative estimate of drug-likeness (QED) is 0.0500. The highest BCUT2D eigenvalue weighted by molar-refractivity contribution is 5.97. The van der Waals surface area contributed by atoms with Gasteiger partial charge in [0.2, 0.25) is 0 Å². The van der Waals surface area contributed by atoms with E-state index in [0.717, 1.165) is 51.4 Å². The van der Waals surface area contributed by atoms with Gasteiger partial charge in [0.15, 0.2) is 5.82 Å². The number of hydrogen-bond acceptors (Lipinski definition) is 10. The zero-order valence-corrected chi connectivity index (χ0v) is 51.4. The van der Waals surface area contributed by atoms with E-state index in [1.54, 1.807) is 0 Å². The predicted octanol–water partition coefficient (Wildman–Crippen LogP) is 11.5. The van der Waals surface area contributed by atoms with Crippen LogP contribution >= 0.6 is 0 Å². The molecule has 0 radical (unpaired) electrons. The number of carbonyl (C=O) groups is 6. The van der Waals surface area contributed by atoms with E-state index in [9.17, 15) is 28.8 Å². The van der Waals surface area contributed by atoms with Gasteiger partial charge in [0, 0.05) is 128 Å². The second-order valence-electron chi connectivity index (χ2n) is 22.3. The fraction of sp³-hybridized carbons (Fsp3) is 0.375. The summed E-state index contributed by atoms with van der Waals surface area (Å²) in [4.78, 5) is 81.4. The summed E-state index contributed by atoms with van der Waals surface area (Å²) in [6.07, 6.45) is 9.82. The van der Waals surface area contributed by atoms with Crippen LogP contribution in [0.4, 0.5) is 0 Å². The lowest BCUT2D eigenvalue weighted by Gasteiger charge is -2.32. The van der Waals surface area contributed by atoms with Gasteiger partial charge in [-0.3, -0.25) is 29.0 Å². The Balaban J connectivity index is 1.22. The Kier molecular flexibility index (Phi) is 28.3. The maximum absolute atomic E-state index is 14.1. The van der Waals surface area contributed by atoms with E-state index in [1.807, 2.05) is 0 Å². The molecule has 12 atom stereocenters. The Morgan fingerprint density at radius 3 is 0.967 bits per heavy atom. The van der Waals surface area contributed by atoms with Crippen LogP contribution in [0.1, 0.15) is 78.1 Å². The number of hydrogen-bond donors (Lipinski definition) is 0. The van der Waals surface area contributed by atoms with Gasteiger partial charge in [-0.2, -0.15) is 0 Å². The summed E-state index contributed by atoms with van der Waals surface area (Å²) >= 11 is 0. The molecule has 92 heavy (non-hydrogen) atoms. The standard InChI is InChI=1S/C80H62N2O10/c1-8-11-12-13-14-15-16-17-18-19-20-21-22-23-24-25-26-27-28-29-30-31-32-33-34-35-36-37-38-39-40-41-42-43-74(81(79(87)60(4)5)46-44-77(85)91-58-66-52-64-54-70(66)72-50-62(48-68(64)72)56-89-75(83)9-2)82(80(88)61(6)7)47-45-78(86)92-59-67-53-65-55-71(67)73-51-63(49-69(65)73)57-90-76(84)10-3/h9-10,62-73H,1-4,6,44-59H2,5,7H3. The van der Waals surface area contributed by atoms with Gasteiger partial charge in [0.1, 0.15) is 0 Å². The van der Waals surface area contributed by atoms with Crippen LogP contribution in [0.3, 0.4) is 0 Å². The molecule has 0 saturated heterocycles. The topological polar surface area (TPSA) is 146 Å². The van der Waals surface area contributed by atoms with E-state index in [4.69, 9.17) is 18.9 Å². The minimum atomic E-state index is -0.635. The van der Waals surface area contributed by atoms with E-state index in [0.29, 0.717) is 72.4 Å². The third kappa shape index (κ3) is 22.0. The first kappa shape index (κ1) is 69.1. The number of fused-ring (bicyclic) bond motifs is 10. The Bertz CT molecular complexity index is 4410. The van der Waals surface area contributed by atoms with Gasteiger partial charge in [0.05, 0.1) is 39.3 Å². The Hall–Kier alpha value is -12.0. The number of ether oxygens (including phenoxy) is 4. The molecule has 0 aromatic carbocycles. The van der Waals surface area contributed by atoms with Gasteiger partial charge >= 0.3 is 23.9 Å². The maximum Gasteiger partial charge on any atom is 0.330 e. The molecular formula is C80H62N2O10. The first-order valence-corrected chi connectivity index (χ1v) is 29.7. The van der Waals surface area contributed by atoms with E-state index in [1.165, 1.54) is 35.8 Å². The smallest absolute Gasteiger partial charge is 0.330 e. The van der Waals surface area contributed by atoms with E-state index in [2.05, 4.69) is 228 Å². The van der Waals surface area contributed by atoms with E-state index in [-0.39, 0.29) is 67.9 Å². The zero-order valence-electron chi connectivity index (χ0n) is 51.4. The average molecular weight is 1210 g/mol. The van der Waals surface area contributed by atoms with Crippen molar-refractivity contribution in [1.29, 1.82) is 0 Å². The molecule has 6 fully saturated rings. The zero-order chi connectivity index (χ0) is 65.9. The summed E-state index contributed by atoms with van der Waals surface area (Å²) in [5.41, 5.74) is 86.0. The number of carbonyl (C=O) groups excluding carboxylic acids is 6. The van der Waals surface area contributed by atoms with Crippen molar-refractivity contribution in [2.24, 2.45) is 71.0 Å². The lowest BCUT2D eigenvalue weighted by molar-refractivity contribution is -0.147. The summed E-state index contributed by atoms with van der Waals surface area (Å²) in [6.45, 7) is 21.7. The molecule has 0 aliphatic heterocycles. The van der Waals surface area contributed by atoms with Gasteiger partial charge < -0.3 is 18.9 Å². The molecule has 12 heteroatoms. The van der Waals surface area contributed by atoms with Crippen LogP contribution < -0.4 is 0 Å². The van der Waals surface area contributed by atoms with Crippen molar-refractivity contribution < 1.29 is 47.7 Å². The highest BCUT2D eigenvalue weighted by Crippen LogP contribution is 2.63. The van der Waals surface area contributed by atoms with Crippen molar-refractivity contribution in [2.75, 3.05) is 39.5 Å². The molecule has 0 spiro atoms. The molecular weight excluding hydrogens is 1150 g/mol. The van der Waals surface area contributed by atoms with Crippen molar-refractivity contribution in [3.63, 3.8) is 0 Å². The highest BCUT2D eigenvalue weighted by Gasteiger charge is 2.57. The molecule has 0 aromatic rings. The van der Waals surface area contributed by atoms with Crippen LogP contribution in [0, 0.1) is 71.0 Å². The van der Waals surface area contributed by atoms with Gasteiger partial charge in [0.25, 0.3) is 11.8 Å². The molecule has 6 aliphatic carbocycles. The molecule has 6 aliphatic rings. The lowest BCUT2D eigenvalue weighted by atomic mass is 9.76. The molecule has 6 saturated carbocycles. The SMILES string of the molecule is C=C=C=C=C=C=C=C=C=C=C=C=C=C=C=C=C=C=C=C=C=C=C=C=C=C=C=C=C=C=C=C=C=C=C=C(N(CCC(=O)OCC1CC2CC1C1CC(COC(=O)C=C)CC21)C(=O)C(=C)C)N(CCC(=O)OCC1CC2CC1C1CC(COC(=O)C=C)CC21)C(=O)C(=C)C.